The molecule has 0 aliphatic heterocycles. The summed E-state index contributed by atoms with van der Waals surface area (Å²) >= 11 is 0. The first-order valence-electron chi connectivity index (χ1n) is 4.30. The average Bonchev–Trinajstić information content (AvgIpc) is 2.10. The van der Waals surface area contributed by atoms with Gasteiger partial charge in [-0.25, -0.2) is 0 Å². The lowest BCUT2D eigenvalue weighted by atomic mass is 10.2. The highest BCUT2D eigenvalue weighted by Gasteiger charge is 2.19. The van der Waals surface area contributed by atoms with Crippen molar-refractivity contribution in [3.8, 4) is 0 Å². The van der Waals surface area contributed by atoms with E-state index in [2.05, 4.69) is 6.58 Å². The Balaban J connectivity index is 3.55. The molecule has 0 rings (SSSR count). The minimum Gasteiger partial charge on any atom is -0.480 e. The van der Waals surface area contributed by atoms with Gasteiger partial charge in [0.25, 0.3) is 0 Å². The Bertz CT molecular complexity index is 170. The van der Waals surface area contributed by atoms with E-state index in [4.69, 9.17) is 15.6 Å². The number of unbranched alkanes of at least 4 members (excludes halogenated alkanes) is 1. The molecule has 0 fully saturated rings. The summed E-state index contributed by atoms with van der Waals surface area (Å²) in [5.41, 5.74) is 5.33. The molecule has 0 radical (unpaired) electrons. The van der Waals surface area contributed by atoms with Crippen LogP contribution in [0.25, 0.3) is 0 Å². The summed E-state index contributed by atoms with van der Waals surface area (Å²) in [6, 6.07) is -0.941. The molecule has 0 saturated carbocycles. The number of rotatable bonds is 7. The molecule has 13 heavy (non-hydrogen) atoms. The molecule has 0 saturated heterocycles. The Morgan fingerprint density at radius 1 is 1.77 bits per heavy atom. The summed E-state index contributed by atoms with van der Waals surface area (Å²) in [5.74, 6) is -1.03. The molecule has 0 unspecified atom stereocenters. The lowest BCUT2D eigenvalue weighted by Crippen LogP contribution is -2.41. The molecule has 0 aromatic heterocycles. The number of nitrogens with two attached hydrogens (primary N) is 1. The second-order valence-corrected chi connectivity index (χ2v) is 2.87. The van der Waals surface area contributed by atoms with Crippen molar-refractivity contribution in [2.24, 2.45) is 5.73 Å². The first-order valence-corrected chi connectivity index (χ1v) is 4.30. The maximum atomic E-state index is 10.4. The lowest BCUT2D eigenvalue weighted by molar-refractivity contribution is -0.142. The van der Waals surface area contributed by atoms with Crippen molar-refractivity contribution < 1.29 is 14.6 Å². The third kappa shape index (κ3) is 5.38. The van der Waals surface area contributed by atoms with Crippen molar-refractivity contribution in [3.05, 3.63) is 12.7 Å². The smallest absolute Gasteiger partial charge is 0.323 e. The number of carboxylic acid groups (broad SMARTS) is 1. The van der Waals surface area contributed by atoms with Crippen LogP contribution in [0.2, 0.25) is 0 Å². The highest BCUT2D eigenvalue weighted by molar-refractivity contribution is 5.73. The maximum Gasteiger partial charge on any atom is 0.323 e. The summed E-state index contributed by atoms with van der Waals surface area (Å²) in [6.07, 6.45) is 3.07. The van der Waals surface area contributed by atoms with E-state index in [1.807, 2.05) is 0 Å². The minimum absolute atomic E-state index is 0.442. The van der Waals surface area contributed by atoms with Crippen molar-refractivity contribution in [3.63, 3.8) is 0 Å². The van der Waals surface area contributed by atoms with Gasteiger partial charge in [0.2, 0.25) is 0 Å². The monoisotopic (exact) mass is 187 g/mol. The van der Waals surface area contributed by atoms with Gasteiger partial charge < -0.3 is 15.6 Å². The number of carboxylic acids is 1. The van der Waals surface area contributed by atoms with Gasteiger partial charge in [0.15, 0.2) is 0 Å². The molecule has 4 heteroatoms. The molecule has 0 heterocycles. The van der Waals surface area contributed by atoms with Crippen LogP contribution in [-0.2, 0) is 9.53 Å². The Morgan fingerprint density at radius 3 is 2.85 bits per heavy atom. The van der Waals surface area contributed by atoms with Gasteiger partial charge in [0.05, 0.1) is 6.10 Å². The Hall–Kier alpha value is -0.870. The first-order chi connectivity index (χ1) is 6.09. The zero-order chi connectivity index (χ0) is 10.3. The third-order valence-electron chi connectivity index (χ3n) is 1.72. The molecule has 0 amide bonds. The van der Waals surface area contributed by atoms with Crippen LogP contribution in [0.1, 0.15) is 19.8 Å². The van der Waals surface area contributed by atoms with Crippen LogP contribution in [0.4, 0.5) is 0 Å². The fraction of sp³-hybridized carbons (Fsp3) is 0.667. The van der Waals surface area contributed by atoms with Gasteiger partial charge in [0.1, 0.15) is 6.04 Å². The van der Waals surface area contributed by atoms with Crippen LogP contribution < -0.4 is 5.73 Å². The van der Waals surface area contributed by atoms with E-state index >= 15 is 0 Å². The molecule has 0 bridgehead atoms. The summed E-state index contributed by atoms with van der Waals surface area (Å²) < 4.78 is 5.21. The molecule has 0 spiro atoms. The van der Waals surface area contributed by atoms with Crippen molar-refractivity contribution >= 4 is 5.97 Å². The van der Waals surface area contributed by atoms with Crippen LogP contribution in [0.5, 0.6) is 0 Å². The molecule has 3 N–H and O–H groups in total. The third-order valence-corrected chi connectivity index (χ3v) is 1.72. The van der Waals surface area contributed by atoms with E-state index in [0.717, 1.165) is 12.8 Å². The number of aliphatic carboxylic acids is 1. The van der Waals surface area contributed by atoms with E-state index in [1.165, 1.54) is 0 Å². The molecule has 0 aromatic rings. The van der Waals surface area contributed by atoms with Gasteiger partial charge in [-0.2, -0.15) is 0 Å². The predicted molar refractivity (Wildman–Crippen MR) is 50.5 cm³/mol. The summed E-state index contributed by atoms with van der Waals surface area (Å²) in [7, 11) is 0. The predicted octanol–water partition coefficient (Wildman–Crippen LogP) is 0.770. The highest BCUT2D eigenvalue weighted by Crippen LogP contribution is 1.99. The SMILES string of the molecule is C=CCCCO[C@H](C)[C@H](N)C(=O)O. The maximum absolute atomic E-state index is 10.4. The number of ether oxygens (including phenoxy) is 1. The van der Waals surface area contributed by atoms with Crippen molar-refractivity contribution in [1.82, 2.24) is 0 Å². The number of hydrogen-bond acceptors (Lipinski definition) is 3. The van der Waals surface area contributed by atoms with Gasteiger partial charge in [-0.05, 0) is 19.8 Å². The zero-order valence-corrected chi connectivity index (χ0v) is 7.90. The zero-order valence-electron chi connectivity index (χ0n) is 7.90. The van der Waals surface area contributed by atoms with Gasteiger partial charge in [-0.1, -0.05) is 6.08 Å². The summed E-state index contributed by atoms with van der Waals surface area (Å²) in [5, 5.41) is 8.53. The molecule has 76 valence electrons. The van der Waals surface area contributed by atoms with Gasteiger partial charge in [-0.15, -0.1) is 6.58 Å². The van der Waals surface area contributed by atoms with Crippen molar-refractivity contribution in [1.29, 1.82) is 0 Å². The molecule has 0 aliphatic rings. The Kier molecular flexibility index (Phi) is 6.18. The van der Waals surface area contributed by atoms with Crippen LogP contribution in [0.3, 0.4) is 0 Å². The number of allylic oxidation sites excluding steroid dienone is 1. The van der Waals surface area contributed by atoms with Crippen LogP contribution in [0, 0.1) is 0 Å². The first kappa shape index (κ1) is 12.1. The number of hydrogen-bond donors (Lipinski definition) is 2. The molecule has 0 aromatic carbocycles. The second-order valence-electron chi connectivity index (χ2n) is 2.87. The van der Waals surface area contributed by atoms with E-state index in [1.54, 1.807) is 13.0 Å². The van der Waals surface area contributed by atoms with E-state index in [-0.39, 0.29) is 0 Å². The fourth-order valence-corrected chi connectivity index (χ4v) is 0.801. The van der Waals surface area contributed by atoms with Gasteiger partial charge in [0, 0.05) is 6.61 Å². The van der Waals surface area contributed by atoms with E-state index < -0.39 is 18.1 Å². The molecule has 4 nitrogen and oxygen atoms in total. The van der Waals surface area contributed by atoms with Crippen LogP contribution >= 0.6 is 0 Å². The fourth-order valence-electron chi connectivity index (χ4n) is 0.801. The largest absolute Gasteiger partial charge is 0.480 e. The van der Waals surface area contributed by atoms with Crippen LogP contribution in [-0.4, -0.2) is 29.8 Å². The molecule has 2 atom stereocenters. The summed E-state index contributed by atoms with van der Waals surface area (Å²) in [6.45, 7) is 5.75. The highest BCUT2D eigenvalue weighted by atomic mass is 16.5. The second kappa shape index (κ2) is 6.62. The molecule has 0 aliphatic carbocycles. The normalized spacial score (nSPS) is 14.9. The van der Waals surface area contributed by atoms with Crippen molar-refractivity contribution in [2.45, 2.75) is 31.9 Å². The minimum atomic E-state index is -1.03. The topological polar surface area (TPSA) is 72.5 Å². The lowest BCUT2D eigenvalue weighted by Gasteiger charge is -2.16. The van der Waals surface area contributed by atoms with Crippen LogP contribution in [0.15, 0.2) is 12.7 Å². The molecular formula is C9H17NO3. The van der Waals surface area contributed by atoms with Gasteiger partial charge >= 0.3 is 5.97 Å². The van der Waals surface area contributed by atoms with Gasteiger partial charge in [-0.3, -0.25) is 4.79 Å². The quantitative estimate of drug-likeness (QED) is 0.456. The van der Waals surface area contributed by atoms with E-state index in [0.29, 0.717) is 6.61 Å². The summed E-state index contributed by atoms with van der Waals surface area (Å²) in [4.78, 5) is 10.4. The standard InChI is InChI=1S/C9H17NO3/c1-3-4-5-6-13-7(2)8(10)9(11)12/h3,7-8H,1,4-6,10H2,2H3,(H,11,12)/t7-,8+/m1/s1. The van der Waals surface area contributed by atoms with Crippen molar-refractivity contribution in [2.75, 3.05) is 6.61 Å². The number of carbonyl (C=O) groups is 1. The van der Waals surface area contributed by atoms with E-state index in [9.17, 15) is 4.79 Å². The Labute approximate surface area is 78.4 Å². The molecular weight excluding hydrogens is 170 g/mol. The Morgan fingerprint density at radius 2 is 2.38 bits per heavy atom. The average molecular weight is 187 g/mol.